The largest absolute Gasteiger partial charge is 0.497 e. The Balaban J connectivity index is 2.00. The van der Waals surface area contributed by atoms with Crippen LogP contribution in [0, 0.1) is 11.8 Å². The fourth-order valence-electron chi connectivity index (χ4n) is 4.84. The Labute approximate surface area is 188 Å². The van der Waals surface area contributed by atoms with Gasteiger partial charge in [-0.2, -0.15) is 0 Å². The van der Waals surface area contributed by atoms with Crippen LogP contribution in [0.2, 0.25) is 0 Å². The number of esters is 1. The Morgan fingerprint density at radius 1 is 1.00 bits per heavy atom. The summed E-state index contributed by atoms with van der Waals surface area (Å²) in [6.45, 7) is 0. The first-order valence-corrected chi connectivity index (χ1v) is 10.1. The topological polar surface area (TPSA) is 140 Å². The summed E-state index contributed by atoms with van der Waals surface area (Å²) in [7, 11) is 3.96. The van der Waals surface area contributed by atoms with Gasteiger partial charge in [-0.15, -0.1) is 0 Å². The average Bonchev–Trinajstić information content (AvgIpc) is 3.34. The predicted molar refractivity (Wildman–Crippen MR) is 113 cm³/mol. The number of carboxylic acid groups (broad SMARTS) is 1. The van der Waals surface area contributed by atoms with E-state index in [9.17, 15) is 24.3 Å². The van der Waals surface area contributed by atoms with Gasteiger partial charge in [0.05, 0.1) is 33.2 Å². The number of ether oxygens (including phenoxy) is 3. The minimum atomic E-state index is -1.92. The van der Waals surface area contributed by atoms with Crippen LogP contribution in [0.5, 0.6) is 11.5 Å². The number of hydrogen-bond acceptors (Lipinski definition) is 8. The van der Waals surface area contributed by atoms with Gasteiger partial charge < -0.3 is 19.3 Å². The van der Waals surface area contributed by atoms with Crippen molar-refractivity contribution >= 4 is 23.8 Å². The summed E-state index contributed by atoms with van der Waals surface area (Å²) < 4.78 is 15.6. The molecule has 4 atom stereocenters. The summed E-state index contributed by atoms with van der Waals surface area (Å²) in [5.74, 6) is -5.38. The lowest BCUT2D eigenvalue weighted by Gasteiger charge is -2.30. The summed E-state index contributed by atoms with van der Waals surface area (Å²) in [6, 6.07) is 10.1. The number of carbonyl (C=O) groups is 4. The molecular weight excluding hydrogens is 432 g/mol. The Bertz CT molecular complexity index is 1150. The van der Waals surface area contributed by atoms with E-state index in [2.05, 4.69) is 10.6 Å². The van der Waals surface area contributed by atoms with Crippen molar-refractivity contribution in [3.05, 3.63) is 59.2 Å². The highest BCUT2D eigenvalue weighted by Crippen LogP contribution is 2.52. The van der Waals surface area contributed by atoms with Crippen LogP contribution in [0.4, 0.5) is 0 Å². The molecule has 0 aromatic heterocycles. The van der Waals surface area contributed by atoms with Crippen LogP contribution in [0.15, 0.2) is 42.5 Å². The van der Waals surface area contributed by atoms with Gasteiger partial charge in [0.1, 0.15) is 17.1 Å². The first-order chi connectivity index (χ1) is 15.8. The second kappa shape index (κ2) is 8.21. The zero-order valence-corrected chi connectivity index (χ0v) is 18.1. The lowest BCUT2D eigenvalue weighted by molar-refractivity contribution is -0.149. The summed E-state index contributed by atoms with van der Waals surface area (Å²) in [5, 5.41) is 15.6. The highest BCUT2D eigenvalue weighted by atomic mass is 16.5. The van der Waals surface area contributed by atoms with Crippen LogP contribution in [-0.4, -0.2) is 50.2 Å². The number of nitrogens with one attached hydrogen (secondary N) is 2. The molecule has 4 unspecified atom stereocenters. The molecule has 0 saturated carbocycles. The maximum absolute atomic E-state index is 12.9. The van der Waals surface area contributed by atoms with Gasteiger partial charge >= 0.3 is 11.9 Å². The Kier molecular flexibility index (Phi) is 5.54. The van der Waals surface area contributed by atoms with Crippen molar-refractivity contribution in [2.75, 3.05) is 21.3 Å². The molecular formula is C23H22N2O8. The van der Waals surface area contributed by atoms with E-state index in [1.807, 2.05) is 0 Å². The van der Waals surface area contributed by atoms with E-state index in [-0.39, 0.29) is 16.9 Å². The zero-order chi connectivity index (χ0) is 23.9. The third-order valence-corrected chi connectivity index (χ3v) is 6.25. The summed E-state index contributed by atoms with van der Waals surface area (Å²) in [5.41, 5.74) is -1.40. The molecule has 10 heteroatoms. The average molecular weight is 454 g/mol. The molecule has 2 aliphatic heterocycles. The molecule has 33 heavy (non-hydrogen) atoms. The molecule has 2 aliphatic rings. The lowest BCUT2D eigenvalue weighted by atomic mass is 9.75. The minimum Gasteiger partial charge on any atom is -0.497 e. The molecule has 2 amide bonds. The van der Waals surface area contributed by atoms with Crippen molar-refractivity contribution in [3.63, 3.8) is 0 Å². The molecule has 2 aromatic carbocycles. The molecule has 0 spiro atoms. The Hall–Kier alpha value is -3.92. The molecule has 172 valence electrons. The fourth-order valence-corrected chi connectivity index (χ4v) is 4.84. The first-order valence-electron chi connectivity index (χ1n) is 10.1. The summed E-state index contributed by atoms with van der Waals surface area (Å²) >= 11 is 0. The van der Waals surface area contributed by atoms with Crippen molar-refractivity contribution in [2.45, 2.75) is 11.6 Å². The standard InChI is InChI=1S/C23H22N2O8/c1-31-12-9-13(15(21(28)33-3)14(10-12)32-2)18-16-17(20(27)24-19(16)26)23(25-18,22(29)30)11-7-5-4-6-8-11/h4-10,16-18,25H,1-3H3,(H,29,30)(H,24,26,27). The third-order valence-electron chi connectivity index (χ3n) is 6.25. The van der Waals surface area contributed by atoms with E-state index in [0.717, 1.165) is 0 Å². The molecule has 2 heterocycles. The SMILES string of the molecule is COC(=O)c1c(OC)cc(OC)cc1C1NC(C(=O)O)(c2ccccc2)C2C(=O)NC(=O)C12. The first kappa shape index (κ1) is 22.3. The second-order valence-corrected chi connectivity index (χ2v) is 7.74. The molecule has 0 aliphatic carbocycles. The van der Waals surface area contributed by atoms with Gasteiger partial charge in [0.15, 0.2) is 5.54 Å². The Morgan fingerprint density at radius 3 is 2.27 bits per heavy atom. The molecule has 2 saturated heterocycles. The molecule has 10 nitrogen and oxygen atoms in total. The highest BCUT2D eigenvalue weighted by Gasteiger charge is 2.67. The third kappa shape index (κ3) is 3.21. The number of fused-ring (bicyclic) bond motifs is 1. The predicted octanol–water partition coefficient (Wildman–Crippen LogP) is 1.00. The van der Waals surface area contributed by atoms with Gasteiger partial charge in [-0.1, -0.05) is 30.3 Å². The molecule has 2 aromatic rings. The smallest absolute Gasteiger partial charge is 0.341 e. The van der Waals surface area contributed by atoms with Gasteiger partial charge in [0, 0.05) is 12.1 Å². The summed E-state index contributed by atoms with van der Waals surface area (Å²) in [6.07, 6.45) is 0. The van der Waals surface area contributed by atoms with E-state index < -0.39 is 47.2 Å². The number of carboxylic acids is 1. The normalized spacial score (nSPS) is 25.8. The molecule has 4 rings (SSSR count). The van der Waals surface area contributed by atoms with Crippen LogP contribution < -0.4 is 20.1 Å². The summed E-state index contributed by atoms with van der Waals surface area (Å²) in [4.78, 5) is 51.2. The van der Waals surface area contributed by atoms with Gasteiger partial charge in [0.2, 0.25) is 11.8 Å². The van der Waals surface area contributed by atoms with Gasteiger partial charge in [-0.25, -0.2) is 9.59 Å². The molecule has 2 fully saturated rings. The van der Waals surface area contributed by atoms with Crippen molar-refractivity contribution in [2.24, 2.45) is 11.8 Å². The second-order valence-electron chi connectivity index (χ2n) is 7.74. The van der Waals surface area contributed by atoms with Crippen LogP contribution in [0.3, 0.4) is 0 Å². The van der Waals surface area contributed by atoms with Crippen LogP contribution in [0.1, 0.15) is 27.5 Å². The van der Waals surface area contributed by atoms with Crippen molar-refractivity contribution < 1.29 is 38.5 Å². The molecule has 0 bridgehead atoms. The number of imide groups is 1. The van der Waals surface area contributed by atoms with Crippen LogP contribution in [-0.2, 0) is 24.7 Å². The number of benzene rings is 2. The fraction of sp³-hybridized carbons (Fsp3) is 0.304. The number of rotatable bonds is 6. The lowest BCUT2D eigenvalue weighted by Crippen LogP contribution is -2.52. The van der Waals surface area contributed by atoms with Crippen LogP contribution >= 0.6 is 0 Å². The maximum atomic E-state index is 12.9. The quantitative estimate of drug-likeness (QED) is 0.431. The van der Waals surface area contributed by atoms with E-state index >= 15 is 0 Å². The molecule has 0 radical (unpaired) electrons. The Morgan fingerprint density at radius 2 is 1.70 bits per heavy atom. The van der Waals surface area contributed by atoms with E-state index in [1.165, 1.54) is 33.5 Å². The number of amides is 2. The van der Waals surface area contributed by atoms with Crippen LogP contribution in [0.25, 0.3) is 0 Å². The van der Waals surface area contributed by atoms with Gasteiger partial charge in [0.25, 0.3) is 0 Å². The van der Waals surface area contributed by atoms with Crippen molar-refractivity contribution in [1.82, 2.24) is 10.6 Å². The van der Waals surface area contributed by atoms with Gasteiger partial charge in [-0.3, -0.25) is 20.2 Å². The minimum absolute atomic E-state index is 0.00144. The zero-order valence-electron chi connectivity index (χ0n) is 18.1. The molecule has 3 N–H and O–H groups in total. The van der Waals surface area contributed by atoms with E-state index in [4.69, 9.17) is 14.2 Å². The number of methoxy groups -OCH3 is 3. The monoisotopic (exact) mass is 454 g/mol. The number of carbonyl (C=O) groups excluding carboxylic acids is 3. The van der Waals surface area contributed by atoms with Gasteiger partial charge in [-0.05, 0) is 17.2 Å². The van der Waals surface area contributed by atoms with E-state index in [0.29, 0.717) is 11.3 Å². The van der Waals surface area contributed by atoms with E-state index in [1.54, 1.807) is 30.3 Å². The number of aliphatic carboxylic acids is 1. The van der Waals surface area contributed by atoms with Crippen molar-refractivity contribution in [3.8, 4) is 11.5 Å². The highest BCUT2D eigenvalue weighted by molar-refractivity contribution is 6.10. The maximum Gasteiger partial charge on any atom is 0.341 e. The number of hydrogen-bond donors (Lipinski definition) is 3. The van der Waals surface area contributed by atoms with Crippen molar-refractivity contribution in [1.29, 1.82) is 0 Å².